The van der Waals surface area contributed by atoms with E-state index in [0.717, 1.165) is 104 Å². The van der Waals surface area contributed by atoms with Gasteiger partial charge in [-0.3, -0.25) is 0 Å². The van der Waals surface area contributed by atoms with Gasteiger partial charge < -0.3 is 37.9 Å². The van der Waals surface area contributed by atoms with Crippen molar-refractivity contribution in [2.24, 2.45) is 0 Å². The Morgan fingerprint density at radius 3 is 0.771 bits per heavy atom. The number of benzene rings is 16. The van der Waals surface area contributed by atoms with E-state index in [0.29, 0.717) is 7.11 Å². The van der Waals surface area contributed by atoms with Crippen molar-refractivity contribution in [3.63, 3.8) is 0 Å². The minimum Gasteiger partial charge on any atom is -0.496 e. The molecule has 0 fully saturated rings. The van der Waals surface area contributed by atoms with Gasteiger partial charge in [-0.1, -0.05) is 48.5 Å². The van der Waals surface area contributed by atoms with Gasteiger partial charge in [-0.2, -0.15) is 8.78 Å². The maximum Gasteiger partial charge on any atom is 0.202 e. The van der Waals surface area contributed by atoms with Crippen LogP contribution in [0.15, 0.2) is 115 Å². The lowest BCUT2D eigenvalue weighted by Gasteiger charge is -2.27. The Bertz CT molecular complexity index is 7960. The second-order valence-corrected chi connectivity index (χ2v) is 38.1. The molecular formula is C100H64Br4F28O8. The lowest BCUT2D eigenvalue weighted by atomic mass is 9.89. The molecule has 40 heteroatoms. The van der Waals surface area contributed by atoms with Gasteiger partial charge in [0.05, 0.1) is 57.1 Å². The molecule has 0 heterocycles. The lowest BCUT2D eigenvalue weighted by molar-refractivity contribution is 0.124. The van der Waals surface area contributed by atoms with Crippen LogP contribution in [0, 0.1) is 163 Å². The van der Waals surface area contributed by atoms with Gasteiger partial charge in [0, 0.05) is 98.4 Å². The van der Waals surface area contributed by atoms with Crippen molar-refractivity contribution >= 4 is 150 Å². The number of methoxy groups -OCH3 is 4. The molecule has 16 aromatic rings. The topological polar surface area (TPSA) is 73.8 Å². The van der Waals surface area contributed by atoms with Gasteiger partial charge in [-0.05, 0) is 217 Å². The van der Waals surface area contributed by atoms with E-state index in [1.807, 2.05) is 0 Å². The predicted octanol–water partition coefficient (Wildman–Crippen LogP) is 34.3. The fourth-order valence-corrected chi connectivity index (χ4v) is 17.9. The van der Waals surface area contributed by atoms with Crippen LogP contribution >= 0.6 is 63.7 Å². The molecule has 736 valence electrons. The average molecular weight is 2250 g/mol. The molecule has 0 amide bonds. The number of fused-ring (bicyclic) bond motifs is 8. The van der Waals surface area contributed by atoms with Gasteiger partial charge >= 0.3 is 0 Å². The van der Waals surface area contributed by atoms with Crippen LogP contribution in [0.1, 0.15) is 83.1 Å². The minimum absolute atomic E-state index is 0.132. The van der Waals surface area contributed by atoms with Crippen LogP contribution in [-0.2, 0) is 0 Å². The van der Waals surface area contributed by atoms with Gasteiger partial charge in [0.2, 0.25) is 11.6 Å². The zero-order chi connectivity index (χ0) is 104. The molecule has 16 rings (SSSR count). The molecule has 0 aliphatic carbocycles. The summed E-state index contributed by atoms with van der Waals surface area (Å²) in [7, 11) is 4.43. The summed E-state index contributed by atoms with van der Waals surface area (Å²) < 4.78 is 457. The van der Waals surface area contributed by atoms with Crippen molar-refractivity contribution in [2.45, 2.75) is 105 Å². The highest BCUT2D eigenvalue weighted by Gasteiger charge is 2.42. The highest BCUT2D eigenvalue weighted by molar-refractivity contribution is 9.11. The van der Waals surface area contributed by atoms with E-state index >= 15 is 39.5 Å². The summed E-state index contributed by atoms with van der Waals surface area (Å²) in [6.45, 7) is 19.1. The minimum atomic E-state index is -2.62. The Morgan fingerprint density at radius 2 is 0.414 bits per heavy atom. The first kappa shape index (κ1) is 105. The van der Waals surface area contributed by atoms with Crippen molar-refractivity contribution in [3.8, 4) is 90.5 Å². The van der Waals surface area contributed by atoms with Crippen molar-refractivity contribution in [1.82, 2.24) is 0 Å². The molecule has 0 saturated carbocycles. The normalized spacial score (nSPS) is 12.0. The predicted molar refractivity (Wildman–Crippen MR) is 485 cm³/mol. The lowest BCUT2D eigenvalue weighted by Crippen LogP contribution is -2.24. The van der Waals surface area contributed by atoms with E-state index in [4.69, 9.17) is 33.2 Å². The van der Waals surface area contributed by atoms with Crippen LogP contribution in [-0.4, -0.2) is 50.8 Å². The fourth-order valence-electron chi connectivity index (χ4n) is 15.7. The Kier molecular flexibility index (Phi) is 29.2. The quantitative estimate of drug-likeness (QED) is 0.0681. The van der Waals surface area contributed by atoms with Crippen LogP contribution < -0.4 is 37.9 Å². The molecule has 0 aliphatic heterocycles. The van der Waals surface area contributed by atoms with Gasteiger partial charge in [0.25, 0.3) is 0 Å². The highest BCUT2D eigenvalue weighted by Crippen LogP contribution is 2.59. The third kappa shape index (κ3) is 18.3. The van der Waals surface area contributed by atoms with Gasteiger partial charge in [-0.15, -0.1) is 0 Å². The van der Waals surface area contributed by atoms with E-state index in [1.54, 1.807) is 48.7 Å². The number of hydrogen-bond acceptors (Lipinski definition) is 8. The third-order valence-corrected chi connectivity index (χ3v) is 23.4. The van der Waals surface area contributed by atoms with E-state index < -0.39 is 289 Å². The Labute approximate surface area is 808 Å². The maximum absolute atomic E-state index is 15.4. The first-order valence-electron chi connectivity index (χ1n) is 40.4. The van der Waals surface area contributed by atoms with E-state index in [2.05, 4.69) is 150 Å². The summed E-state index contributed by atoms with van der Waals surface area (Å²) in [5.41, 5.74) is -7.61. The van der Waals surface area contributed by atoms with Gasteiger partial charge in [0.1, 0.15) is 56.9 Å². The molecule has 0 atom stereocenters. The zero-order valence-electron chi connectivity index (χ0n) is 74.6. The van der Waals surface area contributed by atoms with Crippen LogP contribution in [0.4, 0.5) is 123 Å². The van der Waals surface area contributed by atoms with Crippen molar-refractivity contribution in [1.29, 1.82) is 0 Å². The highest BCUT2D eigenvalue weighted by atomic mass is 79.9. The standard InChI is InChI=1S/C25H14Br2F8O2.C25H22Br2O2.C25H12F12O2.C25H16F8O2/c1-25(2,3)37-24-10(27)6-8-12(18(31)22(35)20(33)16(8)29)14(24)13-11-7(5-9(26)23(13)36-4)15(28)19(32)21(34)17(11)30;1-25(2,3)29-24-20(27)14-16-10-6-8-12-18(16)22(24)21-17-11-7-5-9-15(17)13-19(26)23(21)28-4;1-25(2,3)39-24-8(6-10(16(31)22(24)37)14(29)20(35)18(33)12(6)27)7-5-9(15(30)21(36)23(7)38-4)13(28)19(34)17(32)11(5)26;1-25(2,3)35-12-8-6-10-14(20(29)24(33)22(31)18(10)27)16(12)15-11(34-4)7-5-9-13(15)19(28)23(32)21(30)17(9)26/h5-6H,1-4H3;5-14H,1-4H3;1-4H3;5-8H,1-4H3. The molecule has 0 unspecified atom stereocenters. The van der Waals surface area contributed by atoms with Crippen LogP contribution in [0.5, 0.6) is 46.0 Å². The van der Waals surface area contributed by atoms with Gasteiger partial charge in [-0.25, -0.2) is 114 Å². The number of rotatable bonds is 12. The molecule has 0 spiro atoms. The second kappa shape index (κ2) is 38.8. The Hall–Kier alpha value is -12.0. The van der Waals surface area contributed by atoms with E-state index in [1.165, 1.54) is 20.8 Å². The smallest absolute Gasteiger partial charge is 0.202 e. The molecule has 0 aliphatic rings. The molecule has 0 saturated heterocycles. The summed E-state index contributed by atoms with van der Waals surface area (Å²) in [5, 5.41) is -9.79. The average Bonchev–Trinajstić information content (AvgIpc) is 0.741. The first-order valence-corrected chi connectivity index (χ1v) is 43.6. The largest absolute Gasteiger partial charge is 0.496 e. The molecule has 16 aromatic carbocycles. The number of halogens is 32. The number of ether oxygens (including phenoxy) is 8. The fraction of sp³-hybridized carbons (Fsp3) is 0.200. The molecular weight excluding hydrogens is 2180 g/mol. The van der Waals surface area contributed by atoms with Crippen molar-refractivity contribution in [2.75, 3.05) is 28.4 Å². The molecule has 0 N–H and O–H groups in total. The number of hydrogen-bond donors (Lipinski definition) is 0. The van der Waals surface area contributed by atoms with Crippen LogP contribution in [0.25, 0.3) is 131 Å². The Morgan fingerprint density at radius 1 is 0.179 bits per heavy atom. The molecule has 0 radical (unpaired) electrons. The Balaban J connectivity index is 0.000000158. The summed E-state index contributed by atoms with van der Waals surface area (Å²) >= 11 is 13.7. The zero-order valence-corrected chi connectivity index (χ0v) is 80.9. The third-order valence-electron chi connectivity index (χ3n) is 21.0. The van der Waals surface area contributed by atoms with Crippen LogP contribution in [0.3, 0.4) is 0 Å². The van der Waals surface area contributed by atoms with Crippen molar-refractivity contribution in [3.05, 3.63) is 278 Å². The van der Waals surface area contributed by atoms with Gasteiger partial charge in [0.15, 0.2) is 163 Å². The monoisotopic (exact) mass is 2240 g/mol. The van der Waals surface area contributed by atoms with E-state index in [-0.39, 0.29) is 37.5 Å². The first-order chi connectivity index (χ1) is 65.2. The summed E-state index contributed by atoms with van der Waals surface area (Å²) in [5.74, 6) is -64.4. The molecule has 0 bridgehead atoms. The molecule has 0 aromatic heterocycles. The summed E-state index contributed by atoms with van der Waals surface area (Å²) in [4.78, 5) is 0. The van der Waals surface area contributed by atoms with Crippen molar-refractivity contribution < 1.29 is 161 Å². The van der Waals surface area contributed by atoms with Crippen LogP contribution in [0.2, 0.25) is 0 Å². The van der Waals surface area contributed by atoms with E-state index in [9.17, 15) is 83.4 Å². The second-order valence-electron chi connectivity index (χ2n) is 34.6. The molecule has 8 nitrogen and oxygen atoms in total. The molecule has 140 heavy (non-hydrogen) atoms. The maximum atomic E-state index is 15.4. The summed E-state index contributed by atoms with van der Waals surface area (Å²) in [6, 6.07) is 26.7. The SMILES string of the molecule is COc1c(Br)cc2c(F)c(F)c(F)c(F)c2c1-c1c(OC(C)(C)C)c(Br)cc2c(F)c(F)c(F)c(F)c12.COc1c(Br)cc2ccccc2c1-c1c(OC(C)(C)C)c(Br)cc2ccccc12.COc1c(F)c(F)c2c(F)c(F)c(F)c(F)c2c1-c1c(OC(C)(C)C)c(F)c(F)c2c(F)c(F)c(F)c(F)c12.COc1ccc2c(F)c(F)c(F)c(F)c2c1-c1c(OC(C)(C)C)ccc2c(F)c(F)c(F)c(F)c12. The summed E-state index contributed by atoms with van der Waals surface area (Å²) in [6.07, 6.45) is 0.